The summed E-state index contributed by atoms with van der Waals surface area (Å²) < 4.78 is 0. The maximum absolute atomic E-state index is 14.2. The number of carboxylic acid groups (broad SMARTS) is 1. The fourth-order valence-corrected chi connectivity index (χ4v) is 7.18. The van der Waals surface area contributed by atoms with Crippen molar-refractivity contribution in [3.63, 3.8) is 0 Å². The van der Waals surface area contributed by atoms with Crippen LogP contribution in [0, 0.1) is 29.6 Å². The van der Waals surface area contributed by atoms with Crippen LogP contribution in [-0.4, -0.2) is 119 Å². The Labute approximate surface area is 405 Å². The fourth-order valence-electron chi connectivity index (χ4n) is 7.18. The summed E-state index contributed by atoms with van der Waals surface area (Å²) in [5.41, 5.74) is 6.75. The molecule has 0 spiro atoms. The van der Waals surface area contributed by atoms with E-state index < -0.39 is 114 Å². The molecule has 8 amide bonds. The molecule has 0 bridgehead atoms. The third kappa shape index (κ3) is 20.8. The van der Waals surface area contributed by atoms with E-state index in [1.54, 1.807) is 95.3 Å². The second-order valence-corrected chi connectivity index (χ2v) is 18.6. The van der Waals surface area contributed by atoms with Gasteiger partial charge < -0.3 is 58.5 Å². The molecule has 2 rings (SSSR count). The molecule has 0 aromatic heterocycles. The number of rotatable bonds is 29. The number of amides is 8. The minimum atomic E-state index is -1.46. The van der Waals surface area contributed by atoms with E-state index in [-0.39, 0.29) is 50.0 Å². The van der Waals surface area contributed by atoms with Crippen molar-refractivity contribution in [2.24, 2.45) is 35.3 Å². The molecule has 9 atom stereocenters. The van der Waals surface area contributed by atoms with Crippen LogP contribution in [0.2, 0.25) is 0 Å². The molecule has 2 aromatic rings. The first-order valence-electron chi connectivity index (χ1n) is 23.5. The summed E-state index contributed by atoms with van der Waals surface area (Å²) in [7, 11) is 0. The largest absolute Gasteiger partial charge is 0.481 e. The zero-order chi connectivity index (χ0) is 52.0. The molecular formula is C49H75N9O11. The summed E-state index contributed by atoms with van der Waals surface area (Å²) >= 11 is 0. The second-order valence-electron chi connectivity index (χ2n) is 18.6. The van der Waals surface area contributed by atoms with Crippen molar-refractivity contribution < 1.29 is 53.4 Å². The highest BCUT2D eigenvalue weighted by molar-refractivity contribution is 5.98. The van der Waals surface area contributed by atoms with Crippen molar-refractivity contribution in [2.45, 2.75) is 137 Å². The Morgan fingerprint density at radius 1 is 0.536 bits per heavy atom. The van der Waals surface area contributed by atoms with Gasteiger partial charge in [0, 0.05) is 12.8 Å². The fraction of sp³-hybridized carbons (Fsp3) is 0.571. The van der Waals surface area contributed by atoms with Crippen molar-refractivity contribution in [2.75, 3.05) is 13.1 Å². The van der Waals surface area contributed by atoms with Crippen molar-refractivity contribution in [3.8, 4) is 0 Å². The van der Waals surface area contributed by atoms with Gasteiger partial charge in [0.2, 0.25) is 47.3 Å². The number of carbonyl (C=O) groups excluding carboxylic acids is 8. The number of aliphatic carboxylic acids is 1. The number of aliphatic hydroxyl groups is 1. The zero-order valence-electron chi connectivity index (χ0n) is 41.3. The third-order valence-electron chi connectivity index (χ3n) is 11.3. The van der Waals surface area contributed by atoms with Crippen LogP contribution in [0.3, 0.4) is 0 Å². The van der Waals surface area contributed by atoms with E-state index in [4.69, 9.17) is 5.73 Å². The Morgan fingerprint density at radius 3 is 1.48 bits per heavy atom. The second kappa shape index (κ2) is 29.5. The van der Waals surface area contributed by atoms with Crippen molar-refractivity contribution >= 4 is 53.2 Å². The van der Waals surface area contributed by atoms with Gasteiger partial charge in [-0.25, -0.2) is 0 Å². The van der Waals surface area contributed by atoms with Crippen LogP contribution < -0.4 is 48.3 Å². The van der Waals surface area contributed by atoms with E-state index >= 15 is 0 Å². The molecule has 2 aromatic carbocycles. The summed E-state index contributed by atoms with van der Waals surface area (Å²) in [6.07, 6.45) is -2.18. The monoisotopic (exact) mass is 966 g/mol. The van der Waals surface area contributed by atoms with Gasteiger partial charge in [0.1, 0.15) is 42.3 Å². The van der Waals surface area contributed by atoms with Gasteiger partial charge in [-0.1, -0.05) is 122 Å². The predicted molar refractivity (Wildman–Crippen MR) is 258 cm³/mol. The average molecular weight is 966 g/mol. The van der Waals surface area contributed by atoms with Crippen LogP contribution in [-0.2, 0) is 56.0 Å². The first-order valence-corrected chi connectivity index (χ1v) is 23.5. The van der Waals surface area contributed by atoms with Crippen LogP contribution in [0.4, 0.5) is 0 Å². The van der Waals surface area contributed by atoms with Gasteiger partial charge in [0.25, 0.3) is 0 Å². The Hall–Kier alpha value is -6.41. The number of benzene rings is 2. The molecule has 0 radical (unpaired) electrons. The number of nitrogens with one attached hydrogen (secondary N) is 8. The van der Waals surface area contributed by atoms with Gasteiger partial charge in [-0.3, -0.25) is 43.2 Å². The molecule has 0 aliphatic rings. The highest BCUT2D eigenvalue weighted by Gasteiger charge is 2.35. The zero-order valence-corrected chi connectivity index (χ0v) is 41.3. The molecule has 0 unspecified atom stereocenters. The van der Waals surface area contributed by atoms with E-state index in [1.165, 1.54) is 6.92 Å². The average Bonchev–Trinajstić information content (AvgIpc) is 3.29. The maximum atomic E-state index is 14.2. The van der Waals surface area contributed by atoms with E-state index in [1.807, 2.05) is 20.8 Å². The maximum Gasteiger partial charge on any atom is 0.316 e. The molecule has 20 heteroatoms. The summed E-state index contributed by atoms with van der Waals surface area (Å²) in [6.45, 7) is 14.5. The number of carboxylic acids is 1. The Morgan fingerprint density at radius 2 is 1.01 bits per heavy atom. The van der Waals surface area contributed by atoms with Crippen molar-refractivity contribution in [1.82, 2.24) is 42.5 Å². The molecule has 0 aliphatic carbocycles. The topological polar surface area (TPSA) is 316 Å². The van der Waals surface area contributed by atoms with Gasteiger partial charge in [0.15, 0.2) is 0 Å². The van der Waals surface area contributed by atoms with Crippen LogP contribution in [0.15, 0.2) is 60.7 Å². The van der Waals surface area contributed by atoms with Crippen LogP contribution in [0.1, 0.15) is 92.7 Å². The Balaban J connectivity index is 2.35. The molecule has 0 saturated heterocycles. The third-order valence-corrected chi connectivity index (χ3v) is 11.3. The number of carbonyl (C=O) groups is 9. The molecule has 69 heavy (non-hydrogen) atoms. The highest BCUT2D eigenvalue weighted by Crippen LogP contribution is 2.15. The minimum Gasteiger partial charge on any atom is -0.481 e. The number of hydrogen-bond donors (Lipinski definition) is 11. The lowest BCUT2D eigenvalue weighted by molar-refractivity contribution is -0.148. The predicted octanol–water partition coefficient (Wildman–Crippen LogP) is 0.405. The summed E-state index contributed by atoms with van der Waals surface area (Å²) in [4.78, 5) is 120. The van der Waals surface area contributed by atoms with Crippen LogP contribution >= 0.6 is 0 Å². The lowest BCUT2D eigenvalue weighted by Crippen LogP contribution is -2.62. The quantitative estimate of drug-likeness (QED) is 0.0390. The first-order chi connectivity index (χ1) is 32.5. The molecule has 0 saturated carbocycles. The minimum absolute atomic E-state index is 0.00220. The molecule has 12 N–H and O–H groups in total. The lowest BCUT2D eigenvalue weighted by Gasteiger charge is -2.29. The number of nitrogens with two attached hydrogens (primary N) is 1. The van der Waals surface area contributed by atoms with E-state index in [2.05, 4.69) is 42.5 Å². The molecule has 0 heterocycles. The standard InChI is InChI=1S/C49H75N9O11/c1-10-30(8)41(55-38(60)25-50)48(67)53-35(22-28(4)5)44(63)51-26-39(61)52-36(23-32-17-13-11-14-18-32)45(64)56-40(29(6)7)47(66)54-37(24-33-19-15-12-16-20-33)46(65)58-42(31(9)59)57-43(62)34(49(68)69)21-27(2)3/h11-20,27-31,34-37,40-42,59H,10,21-26,50H2,1-9H3,(H,51,63)(H,52,61)(H,53,67)(H,54,66)(H,55,60)(H,56,64)(H,57,62)(H,58,65)(H,68,69)/t30-,31+,34+,35-,36-,37-,40-,41-,42-/m0/s1. The van der Waals surface area contributed by atoms with Crippen molar-refractivity contribution in [1.29, 1.82) is 0 Å². The number of hydrogen-bond acceptors (Lipinski definition) is 11. The van der Waals surface area contributed by atoms with Gasteiger partial charge in [-0.2, -0.15) is 0 Å². The van der Waals surface area contributed by atoms with Gasteiger partial charge in [-0.05, 0) is 54.6 Å². The van der Waals surface area contributed by atoms with Crippen LogP contribution in [0.25, 0.3) is 0 Å². The van der Waals surface area contributed by atoms with E-state index in [9.17, 15) is 53.4 Å². The SMILES string of the molecule is CC[C@H](C)[C@H](NC(=O)CN)C(=O)N[C@@H](CC(C)C)C(=O)NCC(=O)N[C@@H](Cc1ccccc1)C(=O)N[C@H](C(=O)N[C@@H](Cc1ccccc1)C(=O)N[C@H](NC(=O)[C@@H](CC(C)C)C(=O)O)[C@@H](C)O)C(C)C. The highest BCUT2D eigenvalue weighted by atomic mass is 16.4. The normalized spacial score (nSPS) is 15.2. The van der Waals surface area contributed by atoms with E-state index in [0.29, 0.717) is 17.5 Å². The summed E-state index contributed by atoms with van der Waals surface area (Å²) in [5.74, 6) is -9.76. The van der Waals surface area contributed by atoms with Crippen molar-refractivity contribution in [3.05, 3.63) is 71.8 Å². The van der Waals surface area contributed by atoms with Gasteiger partial charge >= 0.3 is 5.97 Å². The molecule has 0 fully saturated rings. The molecule has 0 aliphatic heterocycles. The smallest absolute Gasteiger partial charge is 0.316 e. The van der Waals surface area contributed by atoms with E-state index in [0.717, 1.165) is 0 Å². The van der Waals surface area contributed by atoms with Gasteiger partial charge in [0.05, 0.1) is 19.2 Å². The lowest BCUT2D eigenvalue weighted by atomic mass is 9.96. The molecule has 20 nitrogen and oxygen atoms in total. The van der Waals surface area contributed by atoms with Crippen LogP contribution in [0.5, 0.6) is 0 Å². The molecule has 382 valence electrons. The Kier molecular flexibility index (Phi) is 25.1. The summed E-state index contributed by atoms with van der Waals surface area (Å²) in [6, 6.07) is 11.5. The Bertz CT molecular complexity index is 2020. The van der Waals surface area contributed by atoms with Gasteiger partial charge in [-0.15, -0.1) is 0 Å². The summed E-state index contributed by atoms with van der Waals surface area (Å²) in [5, 5.41) is 41.1. The molecular weight excluding hydrogens is 891 g/mol. The first kappa shape index (κ1) is 58.7. The number of aliphatic hydroxyl groups excluding tert-OH is 1.